The minimum absolute atomic E-state index is 0.788. The fourth-order valence-electron chi connectivity index (χ4n) is 2.72. The molecule has 1 nitrogen and oxygen atoms in total. The van der Waals surface area contributed by atoms with Crippen LogP contribution in [0.3, 0.4) is 0 Å². The second-order valence-electron chi connectivity index (χ2n) is 5.52. The van der Waals surface area contributed by atoms with Gasteiger partial charge in [-0.05, 0) is 48.4 Å². The summed E-state index contributed by atoms with van der Waals surface area (Å²) in [6.45, 7) is 2.16. The maximum absolute atomic E-state index is 3.27. The third-order valence-corrected chi connectivity index (χ3v) is 4.04. The van der Waals surface area contributed by atoms with Gasteiger partial charge in [-0.3, -0.25) is 0 Å². The molecule has 0 aliphatic heterocycles. The molecule has 0 heterocycles. The summed E-state index contributed by atoms with van der Waals surface area (Å²) in [4.78, 5) is 0. The maximum Gasteiger partial charge on any atom is 0.0413 e. The van der Waals surface area contributed by atoms with E-state index < -0.39 is 0 Å². The summed E-state index contributed by atoms with van der Waals surface area (Å²) < 4.78 is 0. The molecule has 0 amide bonds. The molecule has 2 aromatic carbocycles. The Labute approximate surface area is 121 Å². The SMILES string of the molecule is CNc1cccc(C)c1/C=C/c1ccccc1C1CC1. The third-order valence-electron chi connectivity index (χ3n) is 4.04. The van der Waals surface area contributed by atoms with Gasteiger partial charge in [0.2, 0.25) is 0 Å². The van der Waals surface area contributed by atoms with E-state index >= 15 is 0 Å². The van der Waals surface area contributed by atoms with E-state index in [2.05, 4.69) is 66.9 Å². The van der Waals surface area contributed by atoms with Crippen LogP contribution in [0.1, 0.15) is 41.0 Å². The number of hydrogen-bond donors (Lipinski definition) is 1. The zero-order chi connectivity index (χ0) is 13.9. The van der Waals surface area contributed by atoms with E-state index in [-0.39, 0.29) is 0 Å². The van der Waals surface area contributed by atoms with E-state index in [4.69, 9.17) is 0 Å². The molecule has 20 heavy (non-hydrogen) atoms. The zero-order valence-corrected chi connectivity index (χ0v) is 12.2. The van der Waals surface area contributed by atoms with Crippen LogP contribution in [-0.4, -0.2) is 7.05 Å². The molecule has 2 aromatic rings. The first-order valence-electron chi connectivity index (χ1n) is 7.34. The number of hydrogen-bond acceptors (Lipinski definition) is 1. The van der Waals surface area contributed by atoms with Crippen molar-refractivity contribution in [3.05, 3.63) is 64.7 Å². The Hall–Kier alpha value is -2.02. The van der Waals surface area contributed by atoms with Crippen LogP contribution in [0.25, 0.3) is 12.2 Å². The van der Waals surface area contributed by atoms with Crippen molar-refractivity contribution in [2.24, 2.45) is 0 Å². The molecule has 0 atom stereocenters. The lowest BCUT2D eigenvalue weighted by Crippen LogP contribution is -1.93. The summed E-state index contributed by atoms with van der Waals surface area (Å²) in [5.74, 6) is 0.788. The first kappa shape index (κ1) is 13.0. The average molecular weight is 263 g/mol. The minimum atomic E-state index is 0.788. The molecule has 1 saturated carbocycles. The van der Waals surface area contributed by atoms with Crippen LogP contribution >= 0.6 is 0 Å². The molecule has 0 bridgehead atoms. The summed E-state index contributed by atoms with van der Waals surface area (Å²) in [7, 11) is 1.98. The molecule has 1 heteroatoms. The maximum atomic E-state index is 3.27. The van der Waals surface area contributed by atoms with Crippen LogP contribution in [0.15, 0.2) is 42.5 Å². The van der Waals surface area contributed by atoms with E-state index in [1.54, 1.807) is 0 Å². The summed E-state index contributed by atoms with van der Waals surface area (Å²) in [5, 5.41) is 3.27. The quantitative estimate of drug-likeness (QED) is 0.758. The van der Waals surface area contributed by atoms with Gasteiger partial charge >= 0.3 is 0 Å². The molecular weight excluding hydrogens is 242 g/mol. The molecule has 1 fully saturated rings. The van der Waals surface area contributed by atoms with Gasteiger partial charge < -0.3 is 5.32 Å². The Kier molecular flexibility index (Phi) is 3.60. The first-order chi connectivity index (χ1) is 9.79. The van der Waals surface area contributed by atoms with Gasteiger partial charge in [0.25, 0.3) is 0 Å². The largest absolute Gasteiger partial charge is 0.388 e. The van der Waals surface area contributed by atoms with Crippen LogP contribution in [0, 0.1) is 6.92 Å². The number of rotatable bonds is 4. The van der Waals surface area contributed by atoms with Crippen molar-refractivity contribution in [2.75, 3.05) is 12.4 Å². The van der Waals surface area contributed by atoms with Gasteiger partial charge in [0.1, 0.15) is 0 Å². The molecule has 1 aliphatic carbocycles. The Morgan fingerprint density at radius 3 is 2.55 bits per heavy atom. The second-order valence-corrected chi connectivity index (χ2v) is 5.52. The first-order valence-corrected chi connectivity index (χ1v) is 7.34. The third kappa shape index (κ3) is 2.62. The molecule has 0 saturated heterocycles. The number of nitrogens with one attached hydrogen (secondary N) is 1. The molecule has 102 valence electrons. The van der Waals surface area contributed by atoms with Gasteiger partial charge in [0.15, 0.2) is 0 Å². The molecule has 0 unspecified atom stereocenters. The van der Waals surface area contributed by atoms with Crippen LogP contribution in [0.4, 0.5) is 5.69 Å². The van der Waals surface area contributed by atoms with Gasteiger partial charge in [-0.15, -0.1) is 0 Å². The normalized spacial score (nSPS) is 14.7. The van der Waals surface area contributed by atoms with Crippen molar-refractivity contribution < 1.29 is 0 Å². The van der Waals surface area contributed by atoms with Crippen LogP contribution in [0.2, 0.25) is 0 Å². The Balaban J connectivity index is 1.95. The van der Waals surface area contributed by atoms with Gasteiger partial charge in [-0.25, -0.2) is 0 Å². The summed E-state index contributed by atoms with van der Waals surface area (Å²) in [6.07, 6.45) is 7.19. The lowest BCUT2D eigenvalue weighted by Gasteiger charge is -2.09. The number of aryl methyl sites for hydroxylation is 1. The van der Waals surface area contributed by atoms with Crippen molar-refractivity contribution in [1.29, 1.82) is 0 Å². The molecule has 1 aliphatic rings. The average Bonchev–Trinajstić information content (AvgIpc) is 3.30. The Bertz CT molecular complexity index is 636. The topological polar surface area (TPSA) is 12.0 Å². The molecular formula is C19H21N. The number of benzene rings is 2. The molecule has 3 rings (SSSR count). The highest BCUT2D eigenvalue weighted by atomic mass is 14.8. The number of anilines is 1. The standard InChI is InChI=1S/C19H21N/c1-14-6-5-9-19(20-2)17(14)13-12-15-7-3-4-8-18(15)16-10-11-16/h3-9,12-13,16,20H,10-11H2,1-2H3/b13-12+. The van der Waals surface area contributed by atoms with Crippen molar-refractivity contribution >= 4 is 17.8 Å². The molecule has 0 spiro atoms. The second kappa shape index (κ2) is 5.54. The summed E-state index contributed by atoms with van der Waals surface area (Å²) in [6, 6.07) is 15.2. The fraction of sp³-hybridized carbons (Fsp3) is 0.263. The molecule has 0 aromatic heterocycles. The van der Waals surface area contributed by atoms with Crippen LogP contribution < -0.4 is 5.32 Å². The highest BCUT2D eigenvalue weighted by molar-refractivity contribution is 5.79. The van der Waals surface area contributed by atoms with Crippen molar-refractivity contribution in [3.63, 3.8) is 0 Å². The van der Waals surface area contributed by atoms with Crippen molar-refractivity contribution in [2.45, 2.75) is 25.7 Å². The lowest BCUT2D eigenvalue weighted by molar-refractivity contribution is 1.12. The van der Waals surface area contributed by atoms with E-state index in [9.17, 15) is 0 Å². The fourth-order valence-corrected chi connectivity index (χ4v) is 2.72. The van der Waals surface area contributed by atoms with E-state index in [1.807, 2.05) is 7.05 Å². The predicted molar refractivity (Wildman–Crippen MR) is 88.1 cm³/mol. The van der Waals surface area contributed by atoms with Gasteiger partial charge in [-0.2, -0.15) is 0 Å². The van der Waals surface area contributed by atoms with E-state index in [1.165, 1.54) is 40.8 Å². The Morgan fingerprint density at radius 1 is 1.00 bits per heavy atom. The van der Waals surface area contributed by atoms with E-state index in [0.29, 0.717) is 0 Å². The minimum Gasteiger partial charge on any atom is -0.388 e. The van der Waals surface area contributed by atoms with Gasteiger partial charge in [0.05, 0.1) is 0 Å². The smallest absolute Gasteiger partial charge is 0.0413 e. The highest BCUT2D eigenvalue weighted by Gasteiger charge is 2.24. The highest BCUT2D eigenvalue weighted by Crippen LogP contribution is 2.42. The van der Waals surface area contributed by atoms with Gasteiger partial charge in [-0.1, -0.05) is 48.6 Å². The monoisotopic (exact) mass is 263 g/mol. The van der Waals surface area contributed by atoms with Crippen LogP contribution in [0.5, 0.6) is 0 Å². The van der Waals surface area contributed by atoms with E-state index in [0.717, 1.165) is 5.92 Å². The predicted octanol–water partition coefficient (Wildman–Crippen LogP) is 5.08. The van der Waals surface area contributed by atoms with Gasteiger partial charge in [0, 0.05) is 18.3 Å². The molecule has 0 radical (unpaired) electrons. The van der Waals surface area contributed by atoms with Crippen molar-refractivity contribution in [3.8, 4) is 0 Å². The lowest BCUT2D eigenvalue weighted by atomic mass is 10.0. The zero-order valence-electron chi connectivity index (χ0n) is 12.2. The summed E-state index contributed by atoms with van der Waals surface area (Å²) in [5.41, 5.74) is 6.63. The molecule has 1 N–H and O–H groups in total. The Morgan fingerprint density at radius 2 is 1.80 bits per heavy atom. The summed E-state index contributed by atoms with van der Waals surface area (Å²) >= 11 is 0. The van der Waals surface area contributed by atoms with Crippen molar-refractivity contribution in [1.82, 2.24) is 0 Å². The van der Waals surface area contributed by atoms with Crippen LogP contribution in [-0.2, 0) is 0 Å².